The maximum Gasteiger partial charge on any atom is 0.168 e. The largest absolute Gasteiger partial charge is 0.363 e. The van der Waals surface area contributed by atoms with Gasteiger partial charge in [-0.1, -0.05) is 61.5 Å². The van der Waals surface area contributed by atoms with Gasteiger partial charge in [-0.25, -0.2) is 0 Å². The maximum atomic E-state index is 5.63. The first-order valence-corrected chi connectivity index (χ1v) is 8.86. The topological polar surface area (TPSA) is 15.3 Å². The summed E-state index contributed by atoms with van der Waals surface area (Å²) in [5.41, 5.74) is 4.26. The van der Waals surface area contributed by atoms with E-state index in [1.807, 2.05) is 0 Å². The number of hydrogen-bond acceptors (Lipinski definition) is 1. The molecule has 1 aliphatic rings. The first-order valence-electron chi connectivity index (χ1n) is 8.45. The van der Waals surface area contributed by atoms with E-state index >= 15 is 0 Å². The number of thiocarbonyl (C=S) groups is 1. The fourth-order valence-electron chi connectivity index (χ4n) is 3.27. The van der Waals surface area contributed by atoms with Gasteiger partial charge in [0.25, 0.3) is 0 Å². The minimum absolute atomic E-state index is 0.372. The van der Waals surface area contributed by atoms with Crippen LogP contribution in [0.3, 0.4) is 0 Å². The summed E-state index contributed by atoms with van der Waals surface area (Å²) >= 11 is 5.63. The highest BCUT2D eigenvalue weighted by molar-refractivity contribution is 7.80. The van der Waals surface area contributed by atoms with Crippen LogP contribution in [0.1, 0.15) is 36.0 Å². The third kappa shape index (κ3) is 3.73. The van der Waals surface area contributed by atoms with Crippen LogP contribution in [0.25, 0.3) is 0 Å². The Kier molecular flexibility index (Phi) is 5.29. The monoisotopic (exact) mass is 324 g/mol. The predicted molar refractivity (Wildman–Crippen MR) is 101 cm³/mol. The van der Waals surface area contributed by atoms with Crippen molar-refractivity contribution in [2.75, 3.05) is 19.6 Å². The van der Waals surface area contributed by atoms with Crippen LogP contribution in [0.4, 0.5) is 0 Å². The lowest BCUT2D eigenvalue weighted by atomic mass is 9.88. The highest BCUT2D eigenvalue weighted by Gasteiger charge is 2.25. The summed E-state index contributed by atoms with van der Waals surface area (Å²) in [6.07, 6.45) is 2.14. The molecule has 0 spiro atoms. The summed E-state index contributed by atoms with van der Waals surface area (Å²) in [5.74, 6) is 0.372. The summed E-state index contributed by atoms with van der Waals surface area (Å²) < 4.78 is 0. The van der Waals surface area contributed by atoms with Gasteiger partial charge in [0.1, 0.15) is 0 Å². The molecule has 0 aromatic heterocycles. The zero-order valence-corrected chi connectivity index (χ0v) is 14.5. The van der Waals surface area contributed by atoms with Gasteiger partial charge in [-0.15, -0.1) is 0 Å². The quantitative estimate of drug-likeness (QED) is 0.860. The smallest absolute Gasteiger partial charge is 0.168 e. The van der Waals surface area contributed by atoms with E-state index in [1.165, 1.54) is 16.7 Å². The fraction of sp³-hybridized carbons (Fsp3) is 0.350. The molecule has 23 heavy (non-hydrogen) atoms. The summed E-state index contributed by atoms with van der Waals surface area (Å²) in [5, 5.41) is 4.28. The minimum atomic E-state index is 0.372. The van der Waals surface area contributed by atoms with E-state index < -0.39 is 0 Å². The lowest BCUT2D eigenvalue weighted by molar-refractivity contribution is 0.413. The summed E-state index contributed by atoms with van der Waals surface area (Å²) in [7, 11) is 0. The molecule has 0 aliphatic carbocycles. The van der Waals surface area contributed by atoms with E-state index in [0.717, 1.165) is 37.6 Å². The van der Waals surface area contributed by atoms with Crippen molar-refractivity contribution in [3.05, 3.63) is 71.3 Å². The molecule has 1 atom stereocenters. The van der Waals surface area contributed by atoms with Gasteiger partial charge in [-0.3, -0.25) is 0 Å². The van der Waals surface area contributed by atoms with Gasteiger partial charge >= 0.3 is 0 Å². The molecule has 0 bridgehead atoms. The van der Waals surface area contributed by atoms with Gasteiger partial charge in [-0.2, -0.15) is 0 Å². The third-order valence-electron chi connectivity index (χ3n) is 4.50. The van der Waals surface area contributed by atoms with Crippen molar-refractivity contribution >= 4 is 17.3 Å². The Labute approximate surface area is 144 Å². The lowest BCUT2D eigenvalue weighted by Crippen LogP contribution is -2.42. The molecule has 2 nitrogen and oxygen atoms in total. The Morgan fingerprint density at radius 1 is 1.13 bits per heavy atom. The molecule has 1 N–H and O–H groups in total. The Morgan fingerprint density at radius 3 is 2.65 bits per heavy atom. The van der Waals surface area contributed by atoms with Crippen molar-refractivity contribution in [3.8, 4) is 0 Å². The number of hydrogen-bond donors (Lipinski definition) is 1. The Balaban J connectivity index is 1.91. The molecule has 0 saturated carbocycles. The molecule has 0 amide bonds. The molecule has 1 unspecified atom stereocenters. The van der Waals surface area contributed by atoms with Crippen LogP contribution in [-0.4, -0.2) is 29.6 Å². The molecule has 1 heterocycles. The first-order chi connectivity index (χ1) is 11.3. The van der Waals surface area contributed by atoms with Gasteiger partial charge < -0.3 is 10.2 Å². The highest BCUT2D eigenvalue weighted by atomic mass is 32.1. The van der Waals surface area contributed by atoms with E-state index in [9.17, 15) is 0 Å². The van der Waals surface area contributed by atoms with Crippen molar-refractivity contribution in [3.63, 3.8) is 0 Å². The van der Waals surface area contributed by atoms with E-state index in [4.69, 9.17) is 12.2 Å². The maximum absolute atomic E-state index is 5.63. The van der Waals surface area contributed by atoms with Gasteiger partial charge in [0.15, 0.2) is 5.11 Å². The summed E-state index contributed by atoms with van der Waals surface area (Å²) in [6.45, 7) is 5.03. The van der Waals surface area contributed by atoms with Crippen molar-refractivity contribution < 1.29 is 0 Å². The number of nitrogens with zero attached hydrogens (tertiary/aromatic N) is 1. The van der Waals surface area contributed by atoms with Crippen LogP contribution < -0.4 is 5.32 Å². The number of fused-ring (bicyclic) bond motifs is 1. The van der Waals surface area contributed by atoms with Crippen LogP contribution in [0, 0.1) is 0 Å². The van der Waals surface area contributed by atoms with Crippen LogP contribution in [0.15, 0.2) is 54.6 Å². The predicted octanol–water partition coefficient (Wildman–Crippen LogP) is 3.96. The standard InChI is InChI=1S/C20H24N2S/c1-2-13-21-20(23)22-14-12-17-10-6-7-11-18(17)19(15-22)16-8-4-3-5-9-16/h3-11,19H,2,12-15H2,1H3,(H,21,23). The first kappa shape index (κ1) is 16.0. The second kappa shape index (κ2) is 7.60. The van der Waals surface area contributed by atoms with Crippen molar-refractivity contribution in [1.29, 1.82) is 0 Å². The molecule has 0 radical (unpaired) electrons. The zero-order chi connectivity index (χ0) is 16.1. The summed E-state index contributed by atoms with van der Waals surface area (Å²) in [6, 6.07) is 19.6. The fourth-order valence-corrected chi connectivity index (χ4v) is 3.53. The highest BCUT2D eigenvalue weighted by Crippen LogP contribution is 2.31. The van der Waals surface area contributed by atoms with E-state index in [-0.39, 0.29) is 0 Å². The number of nitrogens with one attached hydrogen (secondary N) is 1. The average Bonchev–Trinajstić information content (AvgIpc) is 2.80. The lowest BCUT2D eigenvalue weighted by Gasteiger charge is -2.28. The van der Waals surface area contributed by atoms with E-state index in [0.29, 0.717) is 5.92 Å². The molecule has 2 aromatic rings. The van der Waals surface area contributed by atoms with Crippen LogP contribution >= 0.6 is 12.2 Å². The van der Waals surface area contributed by atoms with Gasteiger partial charge in [0.05, 0.1) is 0 Å². The Hall–Kier alpha value is -1.87. The zero-order valence-electron chi connectivity index (χ0n) is 13.7. The van der Waals surface area contributed by atoms with Crippen molar-refractivity contribution in [2.45, 2.75) is 25.7 Å². The second-order valence-corrected chi connectivity index (χ2v) is 6.48. The molecule has 3 rings (SSSR count). The average molecular weight is 324 g/mol. The molecular weight excluding hydrogens is 300 g/mol. The molecule has 120 valence electrons. The normalized spacial score (nSPS) is 17.3. The van der Waals surface area contributed by atoms with Crippen molar-refractivity contribution in [2.24, 2.45) is 0 Å². The third-order valence-corrected chi connectivity index (χ3v) is 4.90. The Bertz CT molecular complexity index is 654. The SMILES string of the molecule is CCCNC(=S)N1CCc2ccccc2C(c2ccccc2)C1. The van der Waals surface area contributed by atoms with Crippen LogP contribution in [0.2, 0.25) is 0 Å². The molecule has 2 aromatic carbocycles. The van der Waals surface area contributed by atoms with Crippen LogP contribution in [0.5, 0.6) is 0 Å². The van der Waals surface area contributed by atoms with Crippen LogP contribution in [-0.2, 0) is 6.42 Å². The number of benzene rings is 2. The van der Waals surface area contributed by atoms with E-state index in [1.54, 1.807) is 0 Å². The second-order valence-electron chi connectivity index (χ2n) is 6.09. The Morgan fingerprint density at radius 2 is 1.87 bits per heavy atom. The van der Waals surface area contributed by atoms with Crippen molar-refractivity contribution in [1.82, 2.24) is 10.2 Å². The number of rotatable bonds is 3. The molecule has 0 fully saturated rings. The molecule has 1 aliphatic heterocycles. The molecule has 0 saturated heterocycles. The molecular formula is C20H24N2S. The van der Waals surface area contributed by atoms with E-state index in [2.05, 4.69) is 71.7 Å². The molecule has 3 heteroatoms. The van der Waals surface area contributed by atoms with Gasteiger partial charge in [0.2, 0.25) is 0 Å². The van der Waals surface area contributed by atoms with Gasteiger partial charge in [-0.05, 0) is 41.7 Å². The van der Waals surface area contributed by atoms with Gasteiger partial charge in [0, 0.05) is 25.6 Å². The minimum Gasteiger partial charge on any atom is -0.363 e. The summed E-state index contributed by atoms with van der Waals surface area (Å²) in [4.78, 5) is 2.34.